The monoisotopic (exact) mass is 177 g/mol. The Morgan fingerprint density at radius 2 is 2.45 bits per heavy atom. The van der Waals surface area contributed by atoms with E-state index in [4.69, 9.17) is 10.8 Å². The molecule has 0 aromatic rings. The van der Waals surface area contributed by atoms with E-state index in [-0.39, 0.29) is 12.0 Å². The third kappa shape index (κ3) is 6.00. The molecule has 0 heterocycles. The highest BCUT2D eigenvalue weighted by molar-refractivity contribution is 7.99. The standard InChI is InChI=1S/C6H15N3OS/c1-5(3-11-4-10)9-6(7)8-2/h5,10H,3-4H2,1-2H3,(H3,7,8,9). The van der Waals surface area contributed by atoms with Gasteiger partial charge in [-0.15, -0.1) is 11.8 Å². The average molecular weight is 177 g/mol. The fraction of sp³-hybridized carbons (Fsp3) is 0.833. The fourth-order valence-electron chi connectivity index (χ4n) is 0.588. The van der Waals surface area contributed by atoms with E-state index < -0.39 is 0 Å². The van der Waals surface area contributed by atoms with Gasteiger partial charge in [0.05, 0.1) is 5.94 Å². The molecule has 0 aliphatic rings. The summed E-state index contributed by atoms with van der Waals surface area (Å²) in [5, 5.41) is 11.4. The third-order valence-electron chi connectivity index (χ3n) is 1.09. The van der Waals surface area contributed by atoms with Gasteiger partial charge in [0.15, 0.2) is 5.96 Å². The van der Waals surface area contributed by atoms with E-state index in [1.54, 1.807) is 7.05 Å². The molecule has 66 valence electrons. The van der Waals surface area contributed by atoms with E-state index in [0.29, 0.717) is 5.96 Å². The number of nitrogens with two attached hydrogens (primary N) is 1. The van der Waals surface area contributed by atoms with Gasteiger partial charge in [0.1, 0.15) is 0 Å². The highest BCUT2D eigenvalue weighted by atomic mass is 32.2. The van der Waals surface area contributed by atoms with Gasteiger partial charge in [-0.05, 0) is 6.92 Å². The van der Waals surface area contributed by atoms with Gasteiger partial charge in [0, 0.05) is 18.8 Å². The van der Waals surface area contributed by atoms with Gasteiger partial charge in [0.2, 0.25) is 0 Å². The SMILES string of the molecule is CN=C(N)NC(C)CSCO. The van der Waals surface area contributed by atoms with Crippen LogP contribution in [0.1, 0.15) is 6.92 Å². The minimum Gasteiger partial charge on any atom is -0.386 e. The van der Waals surface area contributed by atoms with Crippen LogP contribution in [0.4, 0.5) is 0 Å². The van der Waals surface area contributed by atoms with Crippen molar-refractivity contribution in [2.45, 2.75) is 13.0 Å². The van der Waals surface area contributed by atoms with Crippen molar-refractivity contribution in [1.29, 1.82) is 0 Å². The van der Waals surface area contributed by atoms with Crippen molar-refractivity contribution in [3.8, 4) is 0 Å². The largest absolute Gasteiger partial charge is 0.386 e. The second kappa shape index (κ2) is 6.30. The molecule has 0 aliphatic heterocycles. The number of hydrogen-bond donors (Lipinski definition) is 3. The molecule has 0 saturated heterocycles. The van der Waals surface area contributed by atoms with Crippen LogP contribution >= 0.6 is 11.8 Å². The second-order valence-corrected chi connectivity index (χ2v) is 3.15. The molecule has 1 unspecified atom stereocenters. The van der Waals surface area contributed by atoms with Crippen molar-refractivity contribution in [3.05, 3.63) is 0 Å². The Morgan fingerprint density at radius 3 is 2.91 bits per heavy atom. The molecule has 0 saturated carbocycles. The Hall–Kier alpha value is -0.420. The van der Waals surface area contributed by atoms with Crippen LogP contribution in [0, 0.1) is 0 Å². The maximum atomic E-state index is 8.48. The summed E-state index contributed by atoms with van der Waals surface area (Å²) >= 11 is 1.45. The highest BCUT2D eigenvalue weighted by Crippen LogP contribution is 1.99. The summed E-state index contributed by atoms with van der Waals surface area (Å²) in [7, 11) is 1.63. The topological polar surface area (TPSA) is 70.6 Å². The highest BCUT2D eigenvalue weighted by Gasteiger charge is 2.00. The molecule has 4 N–H and O–H groups in total. The summed E-state index contributed by atoms with van der Waals surface area (Å²) in [5.41, 5.74) is 5.41. The summed E-state index contributed by atoms with van der Waals surface area (Å²) in [6, 6.07) is 0.246. The fourth-order valence-corrected chi connectivity index (χ4v) is 1.13. The zero-order chi connectivity index (χ0) is 8.69. The van der Waals surface area contributed by atoms with E-state index in [2.05, 4.69) is 10.3 Å². The smallest absolute Gasteiger partial charge is 0.188 e. The van der Waals surface area contributed by atoms with Crippen LogP contribution in [0.25, 0.3) is 0 Å². The van der Waals surface area contributed by atoms with Crippen LogP contribution in [-0.2, 0) is 0 Å². The predicted octanol–water partition coefficient (Wildman–Crippen LogP) is -0.408. The average Bonchev–Trinajstić information content (AvgIpc) is 2.00. The lowest BCUT2D eigenvalue weighted by Crippen LogP contribution is -2.39. The number of nitrogens with one attached hydrogen (secondary N) is 1. The predicted molar refractivity (Wildman–Crippen MR) is 49.7 cm³/mol. The molecule has 0 fully saturated rings. The van der Waals surface area contributed by atoms with Crippen LogP contribution in [0.2, 0.25) is 0 Å². The summed E-state index contributed by atoms with van der Waals surface area (Å²) in [6.45, 7) is 1.99. The van der Waals surface area contributed by atoms with Crippen molar-refractivity contribution in [1.82, 2.24) is 5.32 Å². The molecule has 5 heteroatoms. The van der Waals surface area contributed by atoms with Crippen molar-refractivity contribution in [2.75, 3.05) is 18.7 Å². The Labute approximate surface area is 71.3 Å². The molecule has 11 heavy (non-hydrogen) atoms. The van der Waals surface area contributed by atoms with Crippen molar-refractivity contribution >= 4 is 17.7 Å². The number of thioether (sulfide) groups is 1. The van der Waals surface area contributed by atoms with E-state index in [9.17, 15) is 0 Å². The lowest BCUT2D eigenvalue weighted by Gasteiger charge is -2.12. The summed E-state index contributed by atoms with van der Waals surface area (Å²) < 4.78 is 0. The number of guanidine groups is 1. The van der Waals surface area contributed by atoms with E-state index >= 15 is 0 Å². The number of aliphatic hydroxyl groups is 1. The first-order chi connectivity index (χ1) is 5.20. The lowest BCUT2D eigenvalue weighted by atomic mass is 10.4. The second-order valence-electron chi connectivity index (χ2n) is 2.15. The quantitative estimate of drug-likeness (QED) is 0.310. The molecule has 0 radical (unpaired) electrons. The molecular weight excluding hydrogens is 162 g/mol. The first-order valence-corrected chi connectivity index (χ1v) is 4.53. The number of aliphatic imine (C=N–C) groups is 1. The molecule has 0 aliphatic carbocycles. The number of rotatable bonds is 4. The molecule has 0 bridgehead atoms. The molecule has 0 spiro atoms. The van der Waals surface area contributed by atoms with Gasteiger partial charge in [-0.3, -0.25) is 4.99 Å². The van der Waals surface area contributed by atoms with Crippen LogP contribution < -0.4 is 11.1 Å². The van der Waals surface area contributed by atoms with Gasteiger partial charge in [-0.2, -0.15) is 0 Å². The minimum atomic E-state index is 0.148. The minimum absolute atomic E-state index is 0.148. The maximum Gasteiger partial charge on any atom is 0.188 e. The van der Waals surface area contributed by atoms with E-state index in [1.165, 1.54) is 11.8 Å². The van der Waals surface area contributed by atoms with Gasteiger partial charge < -0.3 is 16.2 Å². The van der Waals surface area contributed by atoms with Crippen molar-refractivity contribution in [2.24, 2.45) is 10.7 Å². The van der Waals surface area contributed by atoms with Crippen molar-refractivity contribution in [3.63, 3.8) is 0 Å². The van der Waals surface area contributed by atoms with Crippen LogP contribution in [0.15, 0.2) is 4.99 Å². The van der Waals surface area contributed by atoms with Crippen LogP contribution in [0.5, 0.6) is 0 Å². The Balaban J connectivity index is 3.43. The molecule has 0 amide bonds. The van der Waals surface area contributed by atoms with Gasteiger partial charge in [-0.25, -0.2) is 0 Å². The van der Waals surface area contributed by atoms with E-state index in [1.807, 2.05) is 6.92 Å². The molecule has 0 aromatic carbocycles. The van der Waals surface area contributed by atoms with Crippen LogP contribution in [-0.4, -0.2) is 35.8 Å². The number of nitrogens with zero attached hydrogens (tertiary/aromatic N) is 1. The van der Waals surface area contributed by atoms with Gasteiger partial charge in [0.25, 0.3) is 0 Å². The number of aliphatic hydroxyl groups excluding tert-OH is 1. The zero-order valence-electron chi connectivity index (χ0n) is 6.87. The normalized spacial score (nSPS) is 14.6. The molecule has 0 rings (SSSR count). The summed E-state index contributed by atoms with van der Waals surface area (Å²) in [4.78, 5) is 3.75. The first-order valence-electron chi connectivity index (χ1n) is 3.38. The molecule has 4 nitrogen and oxygen atoms in total. The molecule has 0 aromatic heterocycles. The summed E-state index contributed by atoms with van der Waals surface area (Å²) in [5.74, 6) is 1.41. The van der Waals surface area contributed by atoms with Gasteiger partial charge >= 0.3 is 0 Å². The Kier molecular flexibility index (Phi) is 6.06. The zero-order valence-corrected chi connectivity index (χ0v) is 7.69. The third-order valence-corrected chi connectivity index (χ3v) is 2.01. The summed E-state index contributed by atoms with van der Waals surface area (Å²) in [6.07, 6.45) is 0. The van der Waals surface area contributed by atoms with Crippen LogP contribution in [0.3, 0.4) is 0 Å². The first kappa shape index (κ1) is 10.6. The molecular formula is C6H15N3OS. The maximum absolute atomic E-state index is 8.48. The van der Waals surface area contributed by atoms with E-state index in [0.717, 1.165) is 5.75 Å². The lowest BCUT2D eigenvalue weighted by molar-refractivity contribution is 0.375. The molecule has 1 atom stereocenters. The number of hydrogen-bond acceptors (Lipinski definition) is 3. The Bertz CT molecular complexity index is 129. The van der Waals surface area contributed by atoms with Gasteiger partial charge in [-0.1, -0.05) is 0 Å². The van der Waals surface area contributed by atoms with Crippen molar-refractivity contribution < 1.29 is 5.11 Å². The Morgan fingerprint density at radius 1 is 1.82 bits per heavy atom.